The standard InChI is InChI=1S/C12H16FNO/c1-14-6-5-10(8-14)12(13)9-3-2-4-11(15)7-9/h2-4,7,10,12,15H,5-6,8H2,1H3. The summed E-state index contributed by atoms with van der Waals surface area (Å²) in [7, 11) is 2.01. The summed E-state index contributed by atoms with van der Waals surface area (Å²) < 4.78 is 14.1. The van der Waals surface area contributed by atoms with Crippen LogP contribution in [0, 0.1) is 5.92 Å². The first-order valence-electron chi connectivity index (χ1n) is 5.28. The molecular formula is C12H16FNO. The molecule has 1 aromatic rings. The van der Waals surface area contributed by atoms with Gasteiger partial charge in [-0.25, -0.2) is 4.39 Å². The molecular weight excluding hydrogens is 193 g/mol. The molecule has 1 aliphatic rings. The molecule has 1 heterocycles. The van der Waals surface area contributed by atoms with Crippen LogP contribution in [0.2, 0.25) is 0 Å². The molecule has 2 unspecified atom stereocenters. The number of hydrogen-bond acceptors (Lipinski definition) is 2. The highest BCUT2D eigenvalue weighted by Crippen LogP contribution is 2.33. The number of hydrogen-bond donors (Lipinski definition) is 1. The van der Waals surface area contributed by atoms with E-state index in [4.69, 9.17) is 0 Å². The molecule has 0 bridgehead atoms. The first kappa shape index (κ1) is 10.4. The molecule has 1 fully saturated rings. The Morgan fingerprint density at radius 1 is 1.53 bits per heavy atom. The van der Waals surface area contributed by atoms with Crippen LogP contribution in [-0.2, 0) is 0 Å². The second-order valence-electron chi connectivity index (χ2n) is 4.31. The van der Waals surface area contributed by atoms with Gasteiger partial charge in [0.25, 0.3) is 0 Å². The summed E-state index contributed by atoms with van der Waals surface area (Å²) in [6.07, 6.45) is -0.0603. The number of likely N-dealkylation sites (tertiary alicyclic amines) is 1. The number of halogens is 1. The van der Waals surface area contributed by atoms with Gasteiger partial charge < -0.3 is 10.0 Å². The molecule has 0 spiro atoms. The van der Waals surface area contributed by atoms with Gasteiger partial charge in [-0.2, -0.15) is 0 Å². The van der Waals surface area contributed by atoms with Crippen molar-refractivity contribution in [3.8, 4) is 5.75 Å². The first-order valence-corrected chi connectivity index (χ1v) is 5.28. The number of benzene rings is 1. The lowest BCUT2D eigenvalue weighted by atomic mass is 9.96. The molecule has 2 rings (SSSR count). The molecule has 1 N–H and O–H groups in total. The fourth-order valence-corrected chi connectivity index (χ4v) is 2.18. The van der Waals surface area contributed by atoms with Crippen molar-refractivity contribution in [2.75, 3.05) is 20.1 Å². The largest absolute Gasteiger partial charge is 0.508 e. The highest BCUT2D eigenvalue weighted by Gasteiger charge is 2.28. The average molecular weight is 209 g/mol. The Balaban J connectivity index is 2.10. The maximum atomic E-state index is 14.1. The van der Waals surface area contributed by atoms with E-state index >= 15 is 0 Å². The van der Waals surface area contributed by atoms with Crippen LogP contribution in [0.1, 0.15) is 18.2 Å². The van der Waals surface area contributed by atoms with Crippen molar-refractivity contribution >= 4 is 0 Å². The van der Waals surface area contributed by atoms with Gasteiger partial charge in [0.05, 0.1) is 0 Å². The normalized spacial score (nSPS) is 24.3. The number of phenols is 1. The van der Waals surface area contributed by atoms with Gasteiger partial charge in [0.15, 0.2) is 0 Å². The number of nitrogens with zero attached hydrogens (tertiary/aromatic N) is 1. The summed E-state index contributed by atoms with van der Waals surface area (Å²) in [4.78, 5) is 2.14. The molecule has 0 saturated carbocycles. The molecule has 2 atom stereocenters. The van der Waals surface area contributed by atoms with Crippen LogP contribution in [0.5, 0.6) is 5.75 Å². The highest BCUT2D eigenvalue weighted by atomic mass is 19.1. The van der Waals surface area contributed by atoms with E-state index in [2.05, 4.69) is 4.90 Å². The second kappa shape index (κ2) is 4.19. The Morgan fingerprint density at radius 2 is 2.33 bits per heavy atom. The van der Waals surface area contributed by atoms with Crippen LogP contribution >= 0.6 is 0 Å². The lowest BCUT2D eigenvalue weighted by molar-refractivity contribution is 0.232. The maximum Gasteiger partial charge on any atom is 0.129 e. The summed E-state index contributed by atoms with van der Waals surface area (Å²) in [5, 5.41) is 9.28. The van der Waals surface area contributed by atoms with Gasteiger partial charge in [0, 0.05) is 12.5 Å². The van der Waals surface area contributed by atoms with Gasteiger partial charge in [-0.05, 0) is 37.7 Å². The van der Waals surface area contributed by atoms with Gasteiger partial charge in [-0.3, -0.25) is 0 Å². The Morgan fingerprint density at radius 3 is 2.93 bits per heavy atom. The van der Waals surface area contributed by atoms with E-state index in [0.29, 0.717) is 5.56 Å². The molecule has 3 heteroatoms. The molecule has 1 aliphatic heterocycles. The lowest BCUT2D eigenvalue weighted by Crippen LogP contribution is -2.16. The van der Waals surface area contributed by atoms with Gasteiger partial charge >= 0.3 is 0 Å². The smallest absolute Gasteiger partial charge is 0.129 e. The van der Waals surface area contributed by atoms with E-state index in [-0.39, 0.29) is 11.7 Å². The minimum absolute atomic E-state index is 0.0665. The zero-order chi connectivity index (χ0) is 10.8. The molecule has 2 nitrogen and oxygen atoms in total. The summed E-state index contributed by atoms with van der Waals surface area (Å²) in [6, 6.07) is 6.51. The lowest BCUT2D eigenvalue weighted by Gasteiger charge is -2.16. The van der Waals surface area contributed by atoms with Crippen LogP contribution in [0.3, 0.4) is 0 Å². The van der Waals surface area contributed by atoms with Gasteiger partial charge in [0.2, 0.25) is 0 Å². The molecule has 82 valence electrons. The van der Waals surface area contributed by atoms with Crippen molar-refractivity contribution in [2.24, 2.45) is 5.92 Å². The van der Waals surface area contributed by atoms with Crippen LogP contribution < -0.4 is 0 Å². The molecule has 15 heavy (non-hydrogen) atoms. The van der Waals surface area contributed by atoms with Crippen molar-refractivity contribution in [3.05, 3.63) is 29.8 Å². The Hall–Kier alpha value is -1.09. The third kappa shape index (κ3) is 2.29. The Labute approximate surface area is 89.3 Å². The van der Waals surface area contributed by atoms with Gasteiger partial charge in [-0.15, -0.1) is 0 Å². The predicted molar refractivity (Wildman–Crippen MR) is 57.6 cm³/mol. The average Bonchev–Trinajstić information content (AvgIpc) is 2.64. The quantitative estimate of drug-likeness (QED) is 0.808. The van der Waals surface area contributed by atoms with E-state index in [0.717, 1.165) is 19.5 Å². The van der Waals surface area contributed by atoms with Crippen LogP contribution in [0.25, 0.3) is 0 Å². The van der Waals surface area contributed by atoms with E-state index < -0.39 is 6.17 Å². The van der Waals surface area contributed by atoms with E-state index in [1.165, 1.54) is 6.07 Å². The zero-order valence-corrected chi connectivity index (χ0v) is 8.86. The molecule has 0 aromatic heterocycles. The number of alkyl halides is 1. The molecule has 1 saturated heterocycles. The maximum absolute atomic E-state index is 14.1. The SMILES string of the molecule is CN1CCC(C(F)c2cccc(O)c2)C1. The third-order valence-electron chi connectivity index (χ3n) is 3.03. The predicted octanol–water partition coefficient (Wildman–Crippen LogP) is 2.35. The fraction of sp³-hybridized carbons (Fsp3) is 0.500. The zero-order valence-electron chi connectivity index (χ0n) is 8.86. The summed E-state index contributed by atoms with van der Waals surface area (Å²) in [5.74, 6) is 0.207. The monoisotopic (exact) mass is 209 g/mol. The van der Waals surface area contributed by atoms with Crippen LogP contribution in [0.15, 0.2) is 24.3 Å². The number of aromatic hydroxyl groups is 1. The van der Waals surface area contributed by atoms with Crippen molar-refractivity contribution < 1.29 is 9.50 Å². The van der Waals surface area contributed by atoms with Crippen LogP contribution in [-0.4, -0.2) is 30.1 Å². The van der Waals surface area contributed by atoms with Crippen molar-refractivity contribution in [2.45, 2.75) is 12.6 Å². The number of phenolic OH excluding ortho intramolecular Hbond substituents is 1. The molecule has 0 radical (unpaired) electrons. The van der Waals surface area contributed by atoms with Crippen molar-refractivity contribution in [1.29, 1.82) is 0 Å². The molecule has 0 aliphatic carbocycles. The first-order chi connectivity index (χ1) is 7.16. The minimum Gasteiger partial charge on any atom is -0.508 e. The Kier molecular flexibility index (Phi) is 2.91. The second-order valence-corrected chi connectivity index (χ2v) is 4.31. The minimum atomic E-state index is -0.956. The summed E-state index contributed by atoms with van der Waals surface area (Å²) in [6.45, 7) is 1.76. The van der Waals surface area contributed by atoms with Crippen molar-refractivity contribution in [3.63, 3.8) is 0 Å². The summed E-state index contributed by atoms with van der Waals surface area (Å²) in [5.41, 5.74) is 0.593. The molecule has 0 amide bonds. The van der Waals surface area contributed by atoms with E-state index in [1.54, 1.807) is 18.2 Å². The van der Waals surface area contributed by atoms with Crippen molar-refractivity contribution in [1.82, 2.24) is 4.90 Å². The third-order valence-corrected chi connectivity index (χ3v) is 3.03. The van der Waals surface area contributed by atoms with Gasteiger partial charge in [0.1, 0.15) is 11.9 Å². The van der Waals surface area contributed by atoms with E-state index in [1.807, 2.05) is 7.05 Å². The van der Waals surface area contributed by atoms with Crippen LogP contribution in [0.4, 0.5) is 4.39 Å². The summed E-state index contributed by atoms with van der Waals surface area (Å²) >= 11 is 0. The van der Waals surface area contributed by atoms with Gasteiger partial charge in [-0.1, -0.05) is 12.1 Å². The molecule has 1 aromatic carbocycles. The van der Waals surface area contributed by atoms with E-state index in [9.17, 15) is 9.50 Å². The number of rotatable bonds is 2. The topological polar surface area (TPSA) is 23.5 Å². The Bertz CT molecular complexity index is 342. The highest BCUT2D eigenvalue weighted by molar-refractivity contribution is 5.29. The fourth-order valence-electron chi connectivity index (χ4n) is 2.18.